The molecule has 1 saturated heterocycles. The second kappa shape index (κ2) is 7.03. The van der Waals surface area contributed by atoms with Gasteiger partial charge < -0.3 is 15.5 Å². The van der Waals surface area contributed by atoms with Crippen molar-refractivity contribution < 1.29 is 9.59 Å². The fraction of sp³-hybridized carbons (Fsp3) is 0.429. The van der Waals surface area contributed by atoms with E-state index in [2.05, 4.69) is 33.2 Å². The first-order valence-electron chi connectivity index (χ1n) is 6.68. The quantitative estimate of drug-likeness (QED) is 0.756. The molecule has 108 valence electrons. The summed E-state index contributed by atoms with van der Waals surface area (Å²) in [4.78, 5) is 26.3. The summed E-state index contributed by atoms with van der Waals surface area (Å²) in [5, 5.41) is 5.95. The maximum Gasteiger partial charge on any atom is 0.254 e. The lowest BCUT2D eigenvalue weighted by Gasteiger charge is -2.35. The average Bonchev–Trinajstić information content (AvgIpc) is 2.47. The first-order chi connectivity index (χ1) is 9.63. The van der Waals surface area contributed by atoms with Crippen LogP contribution in [0.3, 0.4) is 0 Å². The van der Waals surface area contributed by atoms with Gasteiger partial charge in [0.2, 0.25) is 5.91 Å². The topological polar surface area (TPSA) is 61.4 Å². The van der Waals surface area contributed by atoms with Gasteiger partial charge in [-0.2, -0.15) is 0 Å². The van der Waals surface area contributed by atoms with Gasteiger partial charge in [-0.15, -0.1) is 0 Å². The third-order valence-corrected chi connectivity index (χ3v) is 3.97. The second-order valence-electron chi connectivity index (χ2n) is 4.62. The number of hydrogen-bond acceptors (Lipinski definition) is 3. The summed E-state index contributed by atoms with van der Waals surface area (Å²) < 4.78 is 1.08. The number of halogens is 1. The van der Waals surface area contributed by atoms with Crippen molar-refractivity contribution in [2.45, 2.75) is 13.0 Å². The lowest BCUT2D eigenvalue weighted by molar-refractivity contribution is -0.126. The fourth-order valence-electron chi connectivity index (χ4n) is 2.23. The summed E-state index contributed by atoms with van der Waals surface area (Å²) >= 11 is 2.20. The van der Waals surface area contributed by atoms with Gasteiger partial charge in [-0.05, 0) is 53.8 Å². The van der Waals surface area contributed by atoms with Gasteiger partial charge in [-0.1, -0.05) is 0 Å². The first kappa shape index (κ1) is 15.2. The van der Waals surface area contributed by atoms with Crippen molar-refractivity contribution in [3.63, 3.8) is 0 Å². The number of rotatable bonds is 3. The van der Waals surface area contributed by atoms with Crippen molar-refractivity contribution in [2.75, 3.05) is 26.2 Å². The Kier molecular flexibility index (Phi) is 5.36. The lowest BCUT2D eigenvalue weighted by atomic mass is 10.1. The van der Waals surface area contributed by atoms with Crippen molar-refractivity contribution in [3.05, 3.63) is 33.4 Å². The number of carbonyl (C=O) groups excluding carboxylic acids is 2. The molecule has 0 radical (unpaired) electrons. The van der Waals surface area contributed by atoms with Gasteiger partial charge in [0.25, 0.3) is 5.91 Å². The number of likely N-dealkylation sites (N-methyl/N-ethyl adjacent to an activating group) is 1. The molecule has 1 unspecified atom stereocenters. The SMILES string of the molecule is CCNC(=O)C1CNCCN1C(=O)c1ccc(I)cc1. The maximum atomic E-state index is 12.5. The van der Waals surface area contributed by atoms with E-state index in [0.29, 0.717) is 31.7 Å². The summed E-state index contributed by atoms with van der Waals surface area (Å²) in [7, 11) is 0. The van der Waals surface area contributed by atoms with Crippen LogP contribution in [0.1, 0.15) is 17.3 Å². The van der Waals surface area contributed by atoms with E-state index in [9.17, 15) is 9.59 Å². The van der Waals surface area contributed by atoms with E-state index in [0.717, 1.165) is 3.57 Å². The second-order valence-corrected chi connectivity index (χ2v) is 5.87. The maximum absolute atomic E-state index is 12.5. The number of piperazine rings is 1. The molecule has 2 N–H and O–H groups in total. The van der Waals surface area contributed by atoms with Crippen LogP contribution in [0, 0.1) is 3.57 Å². The van der Waals surface area contributed by atoms with Gasteiger partial charge in [-0.25, -0.2) is 0 Å². The van der Waals surface area contributed by atoms with Crippen LogP contribution >= 0.6 is 22.6 Å². The van der Waals surface area contributed by atoms with Crippen molar-refractivity contribution in [3.8, 4) is 0 Å². The third kappa shape index (κ3) is 3.49. The molecule has 0 aromatic heterocycles. The van der Waals surface area contributed by atoms with E-state index < -0.39 is 6.04 Å². The minimum Gasteiger partial charge on any atom is -0.355 e. The molecule has 1 aromatic rings. The van der Waals surface area contributed by atoms with Crippen molar-refractivity contribution >= 4 is 34.4 Å². The summed E-state index contributed by atoms with van der Waals surface area (Å²) in [5.41, 5.74) is 0.626. The van der Waals surface area contributed by atoms with E-state index in [1.54, 1.807) is 17.0 Å². The highest BCUT2D eigenvalue weighted by Gasteiger charge is 2.32. The fourth-order valence-corrected chi connectivity index (χ4v) is 2.59. The largest absolute Gasteiger partial charge is 0.355 e. The molecule has 0 bridgehead atoms. The monoisotopic (exact) mass is 387 g/mol. The smallest absolute Gasteiger partial charge is 0.254 e. The van der Waals surface area contributed by atoms with Crippen LogP contribution < -0.4 is 10.6 Å². The predicted molar refractivity (Wildman–Crippen MR) is 85.5 cm³/mol. The Balaban J connectivity index is 2.16. The van der Waals surface area contributed by atoms with Crippen molar-refractivity contribution in [1.82, 2.24) is 15.5 Å². The normalized spacial score (nSPS) is 18.7. The van der Waals surface area contributed by atoms with Crippen LogP contribution in [0.5, 0.6) is 0 Å². The summed E-state index contributed by atoms with van der Waals surface area (Å²) in [6.45, 7) is 4.21. The zero-order valence-corrected chi connectivity index (χ0v) is 13.5. The summed E-state index contributed by atoms with van der Waals surface area (Å²) in [6.07, 6.45) is 0. The number of carbonyl (C=O) groups is 2. The Morgan fingerprint density at radius 3 is 2.75 bits per heavy atom. The Bertz CT molecular complexity index is 490. The van der Waals surface area contributed by atoms with E-state index in [1.807, 2.05) is 19.1 Å². The average molecular weight is 387 g/mol. The van der Waals surface area contributed by atoms with Gasteiger partial charge >= 0.3 is 0 Å². The predicted octanol–water partition coefficient (Wildman–Crippen LogP) is 0.841. The standard InChI is InChI=1S/C14H18IN3O2/c1-2-17-13(19)12-9-16-7-8-18(12)14(20)10-3-5-11(15)6-4-10/h3-6,12,16H,2,7-9H2,1H3,(H,17,19). The van der Waals surface area contributed by atoms with Crippen LogP contribution in [0.4, 0.5) is 0 Å². The first-order valence-corrected chi connectivity index (χ1v) is 7.76. The van der Waals surface area contributed by atoms with Gasteiger partial charge in [0.05, 0.1) is 0 Å². The summed E-state index contributed by atoms with van der Waals surface area (Å²) in [6, 6.07) is 6.98. The molecule has 1 atom stereocenters. The summed E-state index contributed by atoms with van der Waals surface area (Å²) in [5.74, 6) is -0.183. The third-order valence-electron chi connectivity index (χ3n) is 3.25. The molecular weight excluding hydrogens is 369 g/mol. The Morgan fingerprint density at radius 2 is 2.10 bits per heavy atom. The van der Waals surface area contributed by atoms with Gasteiger partial charge in [-0.3, -0.25) is 9.59 Å². The van der Waals surface area contributed by atoms with Crippen LogP contribution in [-0.2, 0) is 4.79 Å². The zero-order valence-electron chi connectivity index (χ0n) is 11.4. The molecular formula is C14H18IN3O2. The Morgan fingerprint density at radius 1 is 1.40 bits per heavy atom. The van der Waals surface area contributed by atoms with Crippen molar-refractivity contribution in [2.24, 2.45) is 0 Å². The molecule has 5 nitrogen and oxygen atoms in total. The van der Waals surface area contributed by atoms with Crippen LogP contribution in [0.25, 0.3) is 0 Å². The minimum atomic E-state index is -0.435. The number of benzene rings is 1. The van der Waals surface area contributed by atoms with Crippen molar-refractivity contribution in [1.29, 1.82) is 0 Å². The highest BCUT2D eigenvalue weighted by molar-refractivity contribution is 14.1. The highest BCUT2D eigenvalue weighted by atomic mass is 127. The zero-order chi connectivity index (χ0) is 14.5. The molecule has 1 aromatic carbocycles. The van der Waals surface area contributed by atoms with E-state index in [-0.39, 0.29) is 11.8 Å². The number of nitrogens with one attached hydrogen (secondary N) is 2. The molecule has 2 rings (SSSR count). The molecule has 1 aliphatic heterocycles. The minimum absolute atomic E-state index is 0.0841. The van der Waals surface area contributed by atoms with Crippen LogP contribution in [0.2, 0.25) is 0 Å². The lowest BCUT2D eigenvalue weighted by Crippen LogP contribution is -2.59. The molecule has 0 aliphatic carbocycles. The van der Waals surface area contributed by atoms with E-state index in [1.165, 1.54) is 0 Å². The van der Waals surface area contributed by atoms with E-state index in [4.69, 9.17) is 0 Å². The number of amides is 2. The molecule has 0 saturated carbocycles. The van der Waals surface area contributed by atoms with Gasteiger partial charge in [0.15, 0.2) is 0 Å². The van der Waals surface area contributed by atoms with Gasteiger partial charge in [0, 0.05) is 35.3 Å². The molecule has 1 fully saturated rings. The Hall–Kier alpha value is -1.15. The van der Waals surface area contributed by atoms with Gasteiger partial charge in [0.1, 0.15) is 6.04 Å². The van der Waals surface area contributed by atoms with E-state index >= 15 is 0 Å². The molecule has 2 amide bonds. The highest BCUT2D eigenvalue weighted by Crippen LogP contribution is 2.13. The molecule has 20 heavy (non-hydrogen) atoms. The Labute approximate surface area is 132 Å². The number of hydrogen-bond donors (Lipinski definition) is 2. The van der Waals surface area contributed by atoms with Crippen LogP contribution in [0.15, 0.2) is 24.3 Å². The molecule has 1 aliphatic rings. The number of nitrogens with zero attached hydrogens (tertiary/aromatic N) is 1. The van der Waals surface area contributed by atoms with Crippen LogP contribution in [-0.4, -0.2) is 48.9 Å². The molecule has 0 spiro atoms. The molecule has 1 heterocycles. The molecule has 6 heteroatoms.